The number of imidazole rings is 1. The molecule has 13 heavy (non-hydrogen) atoms. The summed E-state index contributed by atoms with van der Waals surface area (Å²) in [6, 6.07) is 0. The average Bonchev–Trinajstić information content (AvgIpc) is 2.63. The Labute approximate surface area is 92.5 Å². The van der Waals surface area contributed by atoms with E-state index >= 15 is 0 Å². The van der Waals surface area contributed by atoms with E-state index in [-0.39, 0.29) is 24.8 Å². The average molecular weight is 231 g/mol. The Morgan fingerprint density at radius 1 is 1.15 bits per heavy atom. The van der Waals surface area contributed by atoms with Crippen molar-refractivity contribution in [2.45, 2.75) is 13.5 Å². The van der Waals surface area contributed by atoms with Crippen LogP contribution in [0.1, 0.15) is 6.92 Å². The minimum absolute atomic E-state index is 0. The molecule has 0 radical (unpaired) electrons. The summed E-state index contributed by atoms with van der Waals surface area (Å²) < 4.78 is 2.01. The van der Waals surface area contributed by atoms with Gasteiger partial charge in [-0.1, -0.05) is 0 Å². The highest BCUT2D eigenvalue weighted by Crippen LogP contribution is 1.81. The highest BCUT2D eigenvalue weighted by molar-refractivity contribution is 5.85. The van der Waals surface area contributed by atoms with Gasteiger partial charge >= 0.3 is 0 Å². The first-order valence-corrected chi connectivity index (χ1v) is 3.54. The molecule has 6 heteroatoms. The quantitative estimate of drug-likeness (QED) is 0.754. The van der Waals surface area contributed by atoms with E-state index in [9.17, 15) is 0 Å². The van der Waals surface area contributed by atoms with Crippen molar-refractivity contribution in [3.63, 3.8) is 0 Å². The molecule has 0 saturated heterocycles. The predicted octanol–water partition coefficient (Wildman–Crippen LogP) is 0.896. The summed E-state index contributed by atoms with van der Waals surface area (Å²) in [5.74, 6) is 0. The van der Waals surface area contributed by atoms with Crippen LogP contribution in [-0.2, 0) is 6.54 Å². The maximum Gasteiger partial charge on any atom is 0.0945 e. The second-order valence-electron chi connectivity index (χ2n) is 1.39. The van der Waals surface area contributed by atoms with Crippen molar-refractivity contribution in [3.05, 3.63) is 18.7 Å². The van der Waals surface area contributed by atoms with Gasteiger partial charge in [0.15, 0.2) is 0 Å². The van der Waals surface area contributed by atoms with Crippen LogP contribution in [0.3, 0.4) is 0 Å². The SMILES string of the molecule is CCn1ccnc1.CN.CN.Cl.Cl. The van der Waals surface area contributed by atoms with Crippen molar-refractivity contribution in [2.75, 3.05) is 14.1 Å². The summed E-state index contributed by atoms with van der Waals surface area (Å²) in [4.78, 5) is 3.86. The van der Waals surface area contributed by atoms with Crippen LogP contribution in [0.15, 0.2) is 18.7 Å². The summed E-state index contributed by atoms with van der Waals surface area (Å²) in [7, 11) is 3.00. The summed E-state index contributed by atoms with van der Waals surface area (Å²) in [5.41, 5.74) is 9.00. The third-order valence-electron chi connectivity index (χ3n) is 0.924. The number of rotatable bonds is 1. The van der Waals surface area contributed by atoms with E-state index in [0.29, 0.717) is 0 Å². The first-order valence-electron chi connectivity index (χ1n) is 3.54. The number of nitrogens with zero attached hydrogens (tertiary/aromatic N) is 2. The molecule has 0 bridgehead atoms. The highest BCUT2D eigenvalue weighted by Gasteiger charge is 1.77. The van der Waals surface area contributed by atoms with Crippen LogP contribution < -0.4 is 11.5 Å². The molecule has 0 aliphatic rings. The molecule has 0 fully saturated rings. The second kappa shape index (κ2) is 22.6. The molecule has 1 aromatic rings. The van der Waals surface area contributed by atoms with Gasteiger partial charge in [-0.2, -0.15) is 0 Å². The molecule has 0 atom stereocenters. The molecule has 82 valence electrons. The molecule has 0 aliphatic heterocycles. The van der Waals surface area contributed by atoms with Gasteiger partial charge in [0.2, 0.25) is 0 Å². The standard InChI is InChI=1S/C5H8N2.2CH5N.2ClH/c1-2-7-4-3-6-5-7;2*1-2;;/h3-5H,2H2,1H3;2*2H2,1H3;2*1H. The van der Waals surface area contributed by atoms with Crippen LogP contribution in [-0.4, -0.2) is 23.6 Å². The van der Waals surface area contributed by atoms with E-state index in [1.165, 1.54) is 14.1 Å². The highest BCUT2D eigenvalue weighted by atomic mass is 35.5. The van der Waals surface area contributed by atoms with Gasteiger partial charge < -0.3 is 16.0 Å². The molecule has 0 amide bonds. The number of aryl methyl sites for hydroxylation is 1. The number of aromatic nitrogens is 2. The monoisotopic (exact) mass is 230 g/mol. The Hall–Kier alpha value is -0.290. The number of hydrogen-bond donors (Lipinski definition) is 2. The Morgan fingerprint density at radius 3 is 1.77 bits per heavy atom. The smallest absolute Gasteiger partial charge is 0.0945 e. The van der Waals surface area contributed by atoms with Crippen LogP contribution >= 0.6 is 24.8 Å². The van der Waals surface area contributed by atoms with Crippen LogP contribution in [0, 0.1) is 0 Å². The Kier molecular flexibility index (Phi) is 39.9. The summed E-state index contributed by atoms with van der Waals surface area (Å²) in [6.45, 7) is 3.10. The topological polar surface area (TPSA) is 69.9 Å². The van der Waals surface area contributed by atoms with E-state index in [1.807, 2.05) is 10.8 Å². The maximum atomic E-state index is 4.50. The van der Waals surface area contributed by atoms with Gasteiger partial charge in [-0.15, -0.1) is 24.8 Å². The zero-order chi connectivity index (χ0) is 9.11. The summed E-state index contributed by atoms with van der Waals surface area (Å²) in [6.07, 6.45) is 5.53. The predicted molar refractivity (Wildman–Crippen MR) is 62.6 cm³/mol. The first kappa shape index (κ1) is 23.0. The Morgan fingerprint density at radius 2 is 1.62 bits per heavy atom. The van der Waals surface area contributed by atoms with Crippen molar-refractivity contribution in [1.29, 1.82) is 0 Å². The van der Waals surface area contributed by atoms with Gasteiger partial charge in [-0.3, -0.25) is 0 Å². The lowest BCUT2D eigenvalue weighted by atomic mass is 10.7. The molecule has 0 saturated carbocycles. The summed E-state index contributed by atoms with van der Waals surface area (Å²) >= 11 is 0. The molecular formula is C7H20Cl2N4. The van der Waals surface area contributed by atoms with Crippen molar-refractivity contribution in [2.24, 2.45) is 11.5 Å². The molecule has 4 N–H and O–H groups in total. The molecule has 1 heterocycles. The molecule has 1 aromatic heterocycles. The van der Waals surface area contributed by atoms with Crippen LogP contribution in [0.4, 0.5) is 0 Å². The van der Waals surface area contributed by atoms with Gasteiger partial charge in [-0.05, 0) is 21.0 Å². The zero-order valence-electron chi connectivity index (χ0n) is 8.30. The third-order valence-corrected chi connectivity index (χ3v) is 0.924. The third kappa shape index (κ3) is 14.6. The lowest BCUT2D eigenvalue weighted by Gasteiger charge is -1.87. The minimum Gasteiger partial charge on any atom is -0.338 e. The number of hydrogen-bond acceptors (Lipinski definition) is 3. The lowest BCUT2D eigenvalue weighted by Crippen LogP contribution is -1.85. The van der Waals surface area contributed by atoms with Gasteiger partial charge in [0.05, 0.1) is 6.33 Å². The van der Waals surface area contributed by atoms with E-state index in [2.05, 4.69) is 23.4 Å². The number of nitrogens with two attached hydrogens (primary N) is 2. The van der Waals surface area contributed by atoms with Crippen LogP contribution in [0.2, 0.25) is 0 Å². The largest absolute Gasteiger partial charge is 0.338 e. The van der Waals surface area contributed by atoms with Crippen molar-refractivity contribution < 1.29 is 0 Å². The first-order chi connectivity index (χ1) is 5.43. The lowest BCUT2D eigenvalue weighted by molar-refractivity contribution is 0.761. The molecule has 4 nitrogen and oxygen atoms in total. The number of halogens is 2. The van der Waals surface area contributed by atoms with Gasteiger partial charge in [0, 0.05) is 18.9 Å². The fourth-order valence-corrected chi connectivity index (χ4v) is 0.474. The van der Waals surface area contributed by atoms with Crippen molar-refractivity contribution in [3.8, 4) is 0 Å². The fraction of sp³-hybridized carbons (Fsp3) is 0.571. The van der Waals surface area contributed by atoms with Crippen LogP contribution in [0.5, 0.6) is 0 Å². The zero-order valence-corrected chi connectivity index (χ0v) is 9.94. The molecule has 0 aliphatic carbocycles. The van der Waals surface area contributed by atoms with Crippen molar-refractivity contribution in [1.82, 2.24) is 9.55 Å². The minimum atomic E-state index is 0. The molecule has 1 rings (SSSR count). The van der Waals surface area contributed by atoms with E-state index in [4.69, 9.17) is 0 Å². The Bertz CT molecular complexity index is 133. The van der Waals surface area contributed by atoms with Gasteiger partial charge in [-0.25, -0.2) is 4.98 Å². The molecule has 0 unspecified atom stereocenters. The normalized spacial score (nSPS) is 5.92. The van der Waals surface area contributed by atoms with Crippen molar-refractivity contribution >= 4 is 24.8 Å². The Balaban J connectivity index is -0.0000000607. The van der Waals surface area contributed by atoms with Crippen LogP contribution in [0.25, 0.3) is 0 Å². The maximum absolute atomic E-state index is 4.50. The van der Waals surface area contributed by atoms with E-state index < -0.39 is 0 Å². The molecule has 0 aromatic carbocycles. The summed E-state index contributed by atoms with van der Waals surface area (Å²) in [5, 5.41) is 0. The van der Waals surface area contributed by atoms with E-state index in [0.717, 1.165) is 6.54 Å². The molecular weight excluding hydrogens is 211 g/mol. The second-order valence-corrected chi connectivity index (χ2v) is 1.39. The van der Waals surface area contributed by atoms with Gasteiger partial charge in [0.1, 0.15) is 0 Å². The van der Waals surface area contributed by atoms with Gasteiger partial charge in [0.25, 0.3) is 0 Å². The fourth-order valence-electron chi connectivity index (χ4n) is 0.474. The van der Waals surface area contributed by atoms with E-state index in [1.54, 1.807) is 12.5 Å². The molecule has 0 spiro atoms.